The maximum absolute atomic E-state index is 12.2. The van der Waals surface area contributed by atoms with Gasteiger partial charge in [-0.1, -0.05) is 12.1 Å². The van der Waals surface area contributed by atoms with Crippen LogP contribution in [0, 0.1) is 0 Å². The number of nitrogens with zero attached hydrogens (tertiary/aromatic N) is 2. The molecule has 1 aromatic carbocycles. The number of ether oxygens (including phenoxy) is 1. The molecule has 1 atom stereocenters. The highest BCUT2D eigenvalue weighted by molar-refractivity contribution is 5.78. The number of amides is 1. The Balaban J connectivity index is 1.49. The van der Waals surface area contributed by atoms with Gasteiger partial charge >= 0.3 is 0 Å². The molecule has 2 saturated heterocycles. The number of carbonyl (C=O) groups is 1. The van der Waals surface area contributed by atoms with Crippen LogP contribution in [0.4, 0.5) is 0 Å². The Morgan fingerprint density at radius 1 is 1.24 bits per heavy atom. The van der Waals surface area contributed by atoms with Crippen molar-refractivity contribution in [3.05, 3.63) is 29.8 Å². The predicted molar refractivity (Wildman–Crippen MR) is 81.0 cm³/mol. The largest absolute Gasteiger partial charge is 0.484 e. The molecular formula is C16H23N3O2. The van der Waals surface area contributed by atoms with Crippen LogP contribution in [-0.2, 0) is 11.3 Å². The van der Waals surface area contributed by atoms with Crippen LogP contribution in [0.1, 0.15) is 18.4 Å². The van der Waals surface area contributed by atoms with Crippen molar-refractivity contribution in [1.82, 2.24) is 9.80 Å². The minimum absolute atomic E-state index is 0.0875. The standard InChI is InChI=1S/C16H23N3O2/c17-10-13-3-5-15(6-4-13)21-12-16(20)19-9-8-18-7-1-2-14(18)11-19/h3-6,14H,1-2,7-12,17H2. The van der Waals surface area contributed by atoms with Crippen LogP contribution in [0.25, 0.3) is 0 Å². The molecule has 2 fully saturated rings. The van der Waals surface area contributed by atoms with Crippen molar-refractivity contribution < 1.29 is 9.53 Å². The molecule has 3 rings (SSSR count). The van der Waals surface area contributed by atoms with Gasteiger partial charge in [-0.2, -0.15) is 0 Å². The summed E-state index contributed by atoms with van der Waals surface area (Å²) in [6, 6.07) is 8.15. The molecule has 0 aliphatic carbocycles. The fourth-order valence-electron chi connectivity index (χ4n) is 3.18. The second-order valence-electron chi connectivity index (χ2n) is 5.81. The quantitative estimate of drug-likeness (QED) is 0.892. The molecule has 2 aliphatic heterocycles. The highest BCUT2D eigenvalue weighted by atomic mass is 16.5. The topological polar surface area (TPSA) is 58.8 Å². The zero-order valence-corrected chi connectivity index (χ0v) is 12.3. The first kappa shape index (κ1) is 14.4. The van der Waals surface area contributed by atoms with Gasteiger partial charge in [0.2, 0.25) is 0 Å². The van der Waals surface area contributed by atoms with E-state index in [4.69, 9.17) is 10.5 Å². The van der Waals surface area contributed by atoms with Gasteiger partial charge in [0, 0.05) is 32.2 Å². The molecule has 2 heterocycles. The van der Waals surface area contributed by atoms with Crippen LogP contribution >= 0.6 is 0 Å². The van der Waals surface area contributed by atoms with E-state index in [-0.39, 0.29) is 12.5 Å². The number of rotatable bonds is 4. The Morgan fingerprint density at radius 2 is 2.05 bits per heavy atom. The summed E-state index contributed by atoms with van der Waals surface area (Å²) in [7, 11) is 0. The molecule has 0 spiro atoms. The predicted octanol–water partition coefficient (Wildman–Crippen LogP) is 0.831. The Morgan fingerprint density at radius 3 is 2.81 bits per heavy atom. The van der Waals surface area contributed by atoms with Crippen molar-refractivity contribution in [2.24, 2.45) is 5.73 Å². The molecular weight excluding hydrogens is 266 g/mol. The summed E-state index contributed by atoms with van der Waals surface area (Å²) in [4.78, 5) is 16.7. The number of nitrogens with two attached hydrogens (primary N) is 1. The highest BCUT2D eigenvalue weighted by Crippen LogP contribution is 2.21. The summed E-state index contributed by atoms with van der Waals surface area (Å²) in [6.45, 7) is 4.51. The second-order valence-corrected chi connectivity index (χ2v) is 5.81. The molecule has 0 radical (unpaired) electrons. The highest BCUT2D eigenvalue weighted by Gasteiger charge is 2.32. The van der Waals surface area contributed by atoms with Crippen LogP contribution < -0.4 is 10.5 Å². The zero-order chi connectivity index (χ0) is 14.7. The number of fused-ring (bicyclic) bond motifs is 1. The van der Waals surface area contributed by atoms with Gasteiger partial charge in [-0.15, -0.1) is 0 Å². The number of piperazine rings is 1. The monoisotopic (exact) mass is 289 g/mol. The first-order chi connectivity index (χ1) is 10.3. The van der Waals surface area contributed by atoms with Crippen molar-refractivity contribution in [3.63, 3.8) is 0 Å². The number of hydrogen-bond acceptors (Lipinski definition) is 4. The van der Waals surface area contributed by atoms with Gasteiger partial charge in [-0.3, -0.25) is 9.69 Å². The minimum atomic E-state index is 0.0875. The lowest BCUT2D eigenvalue weighted by Crippen LogP contribution is -2.53. The third-order valence-corrected chi connectivity index (χ3v) is 4.46. The van der Waals surface area contributed by atoms with Crippen molar-refractivity contribution in [3.8, 4) is 5.75 Å². The normalized spacial score (nSPS) is 22.1. The van der Waals surface area contributed by atoms with Crippen molar-refractivity contribution in [2.75, 3.05) is 32.8 Å². The SMILES string of the molecule is NCc1ccc(OCC(=O)N2CCN3CCCC3C2)cc1. The van der Waals surface area contributed by atoms with Crippen molar-refractivity contribution >= 4 is 5.91 Å². The molecule has 0 bridgehead atoms. The van der Waals surface area contributed by atoms with Gasteiger partial charge in [0.1, 0.15) is 5.75 Å². The maximum Gasteiger partial charge on any atom is 0.260 e. The van der Waals surface area contributed by atoms with Crippen LogP contribution in [0.5, 0.6) is 5.75 Å². The van der Waals surface area contributed by atoms with Gasteiger partial charge in [0.25, 0.3) is 5.91 Å². The van der Waals surface area contributed by atoms with Gasteiger partial charge in [-0.25, -0.2) is 0 Å². The molecule has 2 N–H and O–H groups in total. The molecule has 1 unspecified atom stereocenters. The Hall–Kier alpha value is -1.59. The Labute approximate surface area is 125 Å². The smallest absolute Gasteiger partial charge is 0.260 e. The van der Waals surface area contributed by atoms with Crippen LogP contribution in [0.3, 0.4) is 0 Å². The summed E-state index contributed by atoms with van der Waals surface area (Å²) in [5.74, 6) is 0.810. The number of carbonyl (C=O) groups excluding carboxylic acids is 1. The Kier molecular flexibility index (Phi) is 4.41. The first-order valence-electron chi connectivity index (χ1n) is 7.70. The van der Waals surface area contributed by atoms with Gasteiger partial charge in [-0.05, 0) is 37.1 Å². The van der Waals surface area contributed by atoms with E-state index in [2.05, 4.69) is 4.90 Å². The molecule has 21 heavy (non-hydrogen) atoms. The van der Waals surface area contributed by atoms with E-state index in [1.54, 1.807) is 0 Å². The van der Waals surface area contributed by atoms with Gasteiger partial charge in [0.05, 0.1) is 0 Å². The van der Waals surface area contributed by atoms with Gasteiger partial charge in [0.15, 0.2) is 6.61 Å². The summed E-state index contributed by atoms with van der Waals surface area (Å²) in [6.07, 6.45) is 2.47. The minimum Gasteiger partial charge on any atom is -0.484 e. The lowest BCUT2D eigenvalue weighted by atomic mass is 10.1. The van der Waals surface area contributed by atoms with E-state index >= 15 is 0 Å². The van der Waals surface area contributed by atoms with Crippen LogP contribution in [-0.4, -0.2) is 54.5 Å². The van der Waals surface area contributed by atoms with Crippen molar-refractivity contribution in [1.29, 1.82) is 0 Å². The summed E-state index contributed by atoms with van der Waals surface area (Å²) in [5, 5.41) is 0. The molecule has 0 saturated carbocycles. The van der Waals surface area contributed by atoms with E-state index in [0.29, 0.717) is 12.6 Å². The Bertz CT molecular complexity index is 489. The van der Waals surface area contributed by atoms with Crippen LogP contribution in [0.2, 0.25) is 0 Å². The average Bonchev–Trinajstić information content (AvgIpc) is 3.00. The van der Waals surface area contributed by atoms with E-state index in [9.17, 15) is 4.79 Å². The summed E-state index contributed by atoms with van der Waals surface area (Å²) >= 11 is 0. The summed E-state index contributed by atoms with van der Waals surface area (Å²) < 4.78 is 5.59. The van der Waals surface area contributed by atoms with E-state index in [1.807, 2.05) is 29.2 Å². The molecule has 2 aliphatic rings. The molecule has 114 valence electrons. The van der Waals surface area contributed by atoms with E-state index in [0.717, 1.165) is 30.9 Å². The fraction of sp³-hybridized carbons (Fsp3) is 0.562. The first-order valence-corrected chi connectivity index (χ1v) is 7.70. The number of benzene rings is 1. The fourth-order valence-corrected chi connectivity index (χ4v) is 3.18. The maximum atomic E-state index is 12.2. The molecule has 1 amide bonds. The molecule has 5 heteroatoms. The van der Waals surface area contributed by atoms with Gasteiger partial charge < -0.3 is 15.4 Å². The lowest BCUT2D eigenvalue weighted by molar-refractivity contribution is -0.135. The van der Waals surface area contributed by atoms with E-state index in [1.165, 1.54) is 19.4 Å². The number of hydrogen-bond donors (Lipinski definition) is 1. The lowest BCUT2D eigenvalue weighted by Gasteiger charge is -2.37. The molecule has 1 aromatic rings. The zero-order valence-electron chi connectivity index (χ0n) is 12.3. The van der Waals surface area contributed by atoms with Crippen LogP contribution in [0.15, 0.2) is 24.3 Å². The molecule has 5 nitrogen and oxygen atoms in total. The average molecular weight is 289 g/mol. The van der Waals surface area contributed by atoms with E-state index < -0.39 is 0 Å². The third-order valence-electron chi connectivity index (χ3n) is 4.46. The summed E-state index contributed by atoms with van der Waals surface area (Å²) in [5.41, 5.74) is 6.62. The third kappa shape index (κ3) is 3.36. The van der Waals surface area contributed by atoms with Crippen molar-refractivity contribution in [2.45, 2.75) is 25.4 Å². The second kappa shape index (κ2) is 6.45. The molecule has 0 aromatic heterocycles.